The second-order valence-corrected chi connectivity index (χ2v) is 8.33. The van der Waals surface area contributed by atoms with Gasteiger partial charge in [0.05, 0.1) is 24.2 Å². The molecule has 0 radical (unpaired) electrons. The van der Waals surface area contributed by atoms with Crippen LogP contribution in [0, 0.1) is 0 Å². The molecule has 1 saturated heterocycles. The molecule has 2 amide bonds. The molecule has 1 aliphatic heterocycles. The number of hydrogen-bond donors (Lipinski definition) is 3. The molecule has 3 aromatic rings. The Morgan fingerprint density at radius 3 is 2.53 bits per heavy atom. The molecule has 1 saturated carbocycles. The molecule has 2 aromatic heterocycles. The van der Waals surface area contributed by atoms with Crippen LogP contribution in [0.3, 0.4) is 0 Å². The van der Waals surface area contributed by atoms with Crippen LogP contribution in [0.4, 0.5) is 25.1 Å². The number of benzene rings is 1. The van der Waals surface area contributed by atoms with Crippen LogP contribution in [-0.4, -0.2) is 37.4 Å². The fraction of sp³-hybridized carbons (Fsp3) is 0.318. The summed E-state index contributed by atoms with van der Waals surface area (Å²) < 4.78 is 40.1. The minimum atomic E-state index is -4.40. The SMILES string of the molecule is C[C@H](Nc1nc(NC2CC2)n2ncc(/C=C3\CC(=O)NC3=O)c2n1)c1ccc(C(F)(F)F)cc1. The van der Waals surface area contributed by atoms with Crippen LogP contribution in [-0.2, 0) is 15.8 Å². The number of hydrogen-bond acceptors (Lipinski definition) is 7. The number of nitrogens with one attached hydrogen (secondary N) is 3. The molecule has 12 heteroatoms. The van der Waals surface area contributed by atoms with E-state index in [0.29, 0.717) is 28.3 Å². The molecule has 1 aromatic carbocycles. The Hall–Kier alpha value is -3.96. The lowest BCUT2D eigenvalue weighted by atomic mass is 10.1. The van der Waals surface area contributed by atoms with E-state index in [1.807, 2.05) is 0 Å². The van der Waals surface area contributed by atoms with Gasteiger partial charge < -0.3 is 10.6 Å². The molecular formula is C22H20F3N7O2. The minimum Gasteiger partial charge on any atom is -0.351 e. The summed E-state index contributed by atoms with van der Waals surface area (Å²) >= 11 is 0. The first-order chi connectivity index (χ1) is 16.2. The predicted octanol–water partition coefficient (Wildman–Crippen LogP) is 3.32. The summed E-state index contributed by atoms with van der Waals surface area (Å²) in [6.07, 6.45) is 0.673. The molecule has 2 fully saturated rings. The van der Waals surface area contributed by atoms with Crippen LogP contribution in [0.25, 0.3) is 11.7 Å². The Labute approximate surface area is 191 Å². The van der Waals surface area contributed by atoms with Crippen molar-refractivity contribution >= 4 is 35.4 Å². The van der Waals surface area contributed by atoms with E-state index in [1.54, 1.807) is 13.0 Å². The zero-order chi connectivity index (χ0) is 24.0. The van der Waals surface area contributed by atoms with E-state index in [0.717, 1.165) is 25.0 Å². The highest BCUT2D eigenvalue weighted by molar-refractivity contribution is 6.15. The normalized spacial score (nSPS) is 18.4. The smallest absolute Gasteiger partial charge is 0.351 e. The summed E-state index contributed by atoms with van der Waals surface area (Å²) in [5.41, 5.74) is 1.17. The summed E-state index contributed by atoms with van der Waals surface area (Å²) in [4.78, 5) is 32.5. The summed E-state index contributed by atoms with van der Waals surface area (Å²) in [6.45, 7) is 1.79. The third kappa shape index (κ3) is 4.43. The average Bonchev–Trinajstić information content (AvgIpc) is 3.42. The number of alkyl halides is 3. The highest BCUT2D eigenvalue weighted by atomic mass is 19.4. The van der Waals surface area contributed by atoms with Crippen molar-refractivity contribution in [2.24, 2.45) is 0 Å². The number of carbonyl (C=O) groups is 2. The van der Waals surface area contributed by atoms with Crippen LogP contribution in [0.15, 0.2) is 36.0 Å². The van der Waals surface area contributed by atoms with Crippen molar-refractivity contribution in [3.8, 4) is 0 Å². The van der Waals surface area contributed by atoms with Gasteiger partial charge in [-0.25, -0.2) is 0 Å². The summed E-state index contributed by atoms with van der Waals surface area (Å²) in [7, 11) is 0. The minimum absolute atomic E-state index is 0.0233. The van der Waals surface area contributed by atoms with Crippen molar-refractivity contribution in [1.29, 1.82) is 0 Å². The fourth-order valence-electron chi connectivity index (χ4n) is 3.61. The van der Waals surface area contributed by atoms with Gasteiger partial charge in [-0.1, -0.05) is 12.1 Å². The van der Waals surface area contributed by atoms with E-state index in [2.05, 4.69) is 31.0 Å². The molecule has 1 atom stereocenters. The van der Waals surface area contributed by atoms with Crippen molar-refractivity contribution in [2.75, 3.05) is 10.6 Å². The second kappa shape index (κ2) is 8.12. The Balaban J connectivity index is 1.47. The lowest BCUT2D eigenvalue weighted by Crippen LogP contribution is -2.19. The molecule has 0 spiro atoms. The molecule has 3 N–H and O–H groups in total. The second-order valence-electron chi connectivity index (χ2n) is 8.33. The summed E-state index contributed by atoms with van der Waals surface area (Å²) in [5.74, 6) is -0.128. The third-order valence-corrected chi connectivity index (χ3v) is 5.61. The summed E-state index contributed by atoms with van der Waals surface area (Å²) in [5, 5.41) is 13.0. The van der Waals surface area contributed by atoms with Gasteiger partial charge in [-0.15, -0.1) is 0 Å². The molecule has 5 rings (SSSR count). The standard InChI is InChI=1S/C22H20F3N7O2/c1-11(12-2-4-15(5-3-12)22(23,24)25)27-20-30-18-14(8-13-9-17(33)29-19(13)34)10-26-32(18)21(31-20)28-16-6-7-16/h2-5,8,10-11,16H,6-7,9H2,1H3,(H,29,33,34)(H2,27,28,30,31)/b13-8+/t11-/m0/s1. The first-order valence-electron chi connectivity index (χ1n) is 10.7. The van der Waals surface area contributed by atoms with Crippen LogP contribution in [0.2, 0.25) is 0 Å². The van der Waals surface area contributed by atoms with Crippen molar-refractivity contribution in [3.05, 3.63) is 52.7 Å². The zero-order valence-electron chi connectivity index (χ0n) is 18.0. The van der Waals surface area contributed by atoms with E-state index >= 15 is 0 Å². The molecule has 2 aliphatic rings. The van der Waals surface area contributed by atoms with Gasteiger partial charge in [0.25, 0.3) is 5.91 Å². The maximum atomic E-state index is 12.9. The number of imide groups is 1. The molecule has 0 unspecified atom stereocenters. The largest absolute Gasteiger partial charge is 0.416 e. The maximum absolute atomic E-state index is 12.9. The number of aromatic nitrogens is 4. The molecule has 9 nitrogen and oxygen atoms in total. The van der Waals surface area contributed by atoms with Gasteiger partial charge in [-0.3, -0.25) is 14.9 Å². The molecule has 34 heavy (non-hydrogen) atoms. The number of halogens is 3. The van der Waals surface area contributed by atoms with Crippen molar-refractivity contribution in [3.63, 3.8) is 0 Å². The maximum Gasteiger partial charge on any atom is 0.416 e. The molecule has 176 valence electrons. The number of fused-ring (bicyclic) bond motifs is 1. The van der Waals surface area contributed by atoms with Gasteiger partial charge in [-0.2, -0.15) is 32.8 Å². The van der Waals surface area contributed by atoms with E-state index in [9.17, 15) is 22.8 Å². The van der Waals surface area contributed by atoms with E-state index < -0.39 is 17.6 Å². The Bertz CT molecular complexity index is 1310. The Morgan fingerprint density at radius 2 is 1.91 bits per heavy atom. The topological polar surface area (TPSA) is 113 Å². The monoisotopic (exact) mass is 471 g/mol. The molecule has 3 heterocycles. The lowest BCUT2D eigenvalue weighted by molar-refractivity contribution is -0.137. The van der Waals surface area contributed by atoms with Crippen LogP contribution >= 0.6 is 0 Å². The number of rotatable bonds is 6. The predicted molar refractivity (Wildman–Crippen MR) is 117 cm³/mol. The van der Waals surface area contributed by atoms with Gasteiger partial charge >= 0.3 is 6.18 Å². The van der Waals surface area contributed by atoms with Gasteiger partial charge in [0.15, 0.2) is 5.65 Å². The molecule has 0 bridgehead atoms. The van der Waals surface area contributed by atoms with Crippen LogP contribution < -0.4 is 16.0 Å². The van der Waals surface area contributed by atoms with E-state index in [1.165, 1.54) is 22.8 Å². The van der Waals surface area contributed by atoms with Crippen LogP contribution in [0.1, 0.15) is 48.9 Å². The number of nitrogens with zero attached hydrogens (tertiary/aromatic N) is 4. The fourth-order valence-corrected chi connectivity index (χ4v) is 3.61. The Morgan fingerprint density at radius 1 is 1.18 bits per heavy atom. The first kappa shape index (κ1) is 21.9. The first-order valence-corrected chi connectivity index (χ1v) is 10.7. The quantitative estimate of drug-likeness (QED) is 0.373. The van der Waals surface area contributed by atoms with Gasteiger partial charge in [0, 0.05) is 17.2 Å². The van der Waals surface area contributed by atoms with E-state index in [-0.39, 0.29) is 30.4 Å². The highest BCUT2D eigenvalue weighted by Crippen LogP contribution is 2.31. The van der Waals surface area contributed by atoms with Gasteiger partial charge in [0.2, 0.25) is 17.8 Å². The van der Waals surface area contributed by atoms with Gasteiger partial charge in [-0.05, 0) is 43.5 Å². The number of carbonyl (C=O) groups excluding carboxylic acids is 2. The summed E-state index contributed by atoms with van der Waals surface area (Å²) in [6, 6.07) is 4.77. The lowest BCUT2D eigenvalue weighted by Gasteiger charge is -2.16. The highest BCUT2D eigenvalue weighted by Gasteiger charge is 2.30. The molecule has 1 aliphatic carbocycles. The number of amides is 2. The third-order valence-electron chi connectivity index (χ3n) is 5.61. The molecular weight excluding hydrogens is 451 g/mol. The number of anilines is 2. The van der Waals surface area contributed by atoms with Gasteiger partial charge in [0.1, 0.15) is 0 Å². The van der Waals surface area contributed by atoms with E-state index in [4.69, 9.17) is 0 Å². The average molecular weight is 471 g/mol. The Kier molecular flexibility index (Phi) is 5.22. The van der Waals surface area contributed by atoms with Crippen LogP contribution in [0.5, 0.6) is 0 Å². The van der Waals surface area contributed by atoms with Crippen molar-refractivity contribution in [1.82, 2.24) is 24.9 Å². The zero-order valence-corrected chi connectivity index (χ0v) is 18.0. The van der Waals surface area contributed by atoms with Crippen molar-refractivity contribution < 1.29 is 22.8 Å². The van der Waals surface area contributed by atoms with Crippen molar-refractivity contribution in [2.45, 2.75) is 44.4 Å².